The summed E-state index contributed by atoms with van der Waals surface area (Å²) in [6.45, 7) is 13.4. The number of hydrogen-bond donors (Lipinski definition) is 0. The predicted octanol–water partition coefficient (Wildman–Crippen LogP) is 22.0. The third-order valence-electron chi connectivity index (χ3n) is 17.5. The molecule has 0 unspecified atom stereocenters. The van der Waals surface area contributed by atoms with Crippen LogP contribution in [0.25, 0.3) is 77.5 Å². The van der Waals surface area contributed by atoms with Crippen LogP contribution in [0.15, 0.2) is 255 Å². The number of fused-ring (bicyclic) bond motifs is 7. The molecule has 0 saturated carbocycles. The average molecular weight is 1060 g/mol. The smallest absolute Gasteiger partial charge is 0.131 e. The molecule has 2 nitrogen and oxygen atoms in total. The Morgan fingerprint density at radius 2 is 0.634 bits per heavy atom. The molecule has 4 heteroatoms. The van der Waals surface area contributed by atoms with Crippen LogP contribution in [-0.4, -0.2) is 0 Å². The van der Waals surface area contributed by atoms with Gasteiger partial charge >= 0.3 is 0 Å². The first-order valence-electron chi connectivity index (χ1n) is 28.4. The van der Waals surface area contributed by atoms with E-state index in [1.165, 1.54) is 0 Å². The molecule has 2 aliphatic rings. The van der Waals surface area contributed by atoms with Gasteiger partial charge in [0.05, 0.1) is 11.4 Å². The van der Waals surface area contributed by atoms with Gasteiger partial charge in [-0.3, -0.25) is 0 Å². The molecule has 0 aromatic heterocycles. The number of nitrogens with zero attached hydrogens (tertiary/aromatic N) is 2. The van der Waals surface area contributed by atoms with Crippen molar-refractivity contribution in [1.82, 2.24) is 0 Å². The van der Waals surface area contributed by atoms with Crippen molar-refractivity contribution in [3.63, 3.8) is 0 Å². The maximum absolute atomic E-state index is 17.2. The lowest BCUT2D eigenvalue weighted by Gasteiger charge is -2.30. The van der Waals surface area contributed by atoms with E-state index in [1.54, 1.807) is 24.3 Å². The van der Waals surface area contributed by atoms with Gasteiger partial charge in [0, 0.05) is 67.0 Å². The van der Waals surface area contributed by atoms with Gasteiger partial charge in [0.1, 0.15) is 11.6 Å². The summed E-state index contributed by atoms with van der Waals surface area (Å²) in [5, 5.41) is 1.76. The van der Waals surface area contributed by atoms with Crippen LogP contribution >= 0.6 is 0 Å². The van der Waals surface area contributed by atoms with Gasteiger partial charge in [-0.25, -0.2) is 8.78 Å². The van der Waals surface area contributed by atoms with Gasteiger partial charge in [0.25, 0.3) is 0 Å². The summed E-state index contributed by atoms with van der Waals surface area (Å²) in [4.78, 5) is 4.74. The zero-order chi connectivity index (χ0) is 56.0. The van der Waals surface area contributed by atoms with Crippen LogP contribution in [0.4, 0.5) is 42.9 Å². The standard InChI is InChI=1S/C78H60F2N2/c1-49-23-21-29-53(43-49)81(71-37-19-15-31-57(71)51-25-9-7-10-26-51)55-39-41-59-65(45-55)77(3,4)67-47-63-64(73(75(59)67)61-33-13-17-35-69(61)79)48-68-76(74(63)62-34-14-18-36-70(62)80)60-42-40-56(46-66(60)78(68,5)6)82(54-30-22-24-50(2)44-54)72-38-20-16-32-58(72)52-27-11-8-12-28-52/h7-48H,1-6H3. The summed E-state index contributed by atoms with van der Waals surface area (Å²) in [7, 11) is 0. The number of anilines is 6. The number of aryl methyl sites for hydroxylation is 2. The molecule has 0 fully saturated rings. The number of para-hydroxylation sites is 2. The molecule has 396 valence electrons. The topological polar surface area (TPSA) is 6.48 Å². The minimum atomic E-state index is -0.584. The van der Waals surface area contributed by atoms with E-state index in [4.69, 9.17) is 0 Å². The van der Waals surface area contributed by atoms with E-state index < -0.39 is 10.8 Å². The zero-order valence-corrected chi connectivity index (χ0v) is 46.9. The Balaban J connectivity index is 1.02. The summed E-state index contributed by atoms with van der Waals surface area (Å²) in [6, 6.07) is 88.4. The summed E-state index contributed by atoms with van der Waals surface area (Å²) in [5.41, 5.74) is 23.0. The number of halogens is 2. The van der Waals surface area contributed by atoms with E-state index in [0.29, 0.717) is 11.1 Å². The Bertz CT molecular complexity index is 4230. The highest BCUT2D eigenvalue weighted by atomic mass is 19.1. The minimum Gasteiger partial charge on any atom is -0.310 e. The molecular weight excluding hydrogens is 1000 g/mol. The zero-order valence-electron chi connectivity index (χ0n) is 46.9. The van der Waals surface area contributed by atoms with Crippen molar-refractivity contribution in [2.75, 3.05) is 9.80 Å². The molecule has 0 aliphatic heterocycles. The lowest BCUT2D eigenvalue weighted by Crippen LogP contribution is -2.17. The molecule has 0 atom stereocenters. The fourth-order valence-corrected chi connectivity index (χ4v) is 13.5. The van der Waals surface area contributed by atoms with Crippen molar-refractivity contribution in [2.24, 2.45) is 0 Å². The third kappa shape index (κ3) is 8.10. The van der Waals surface area contributed by atoms with Crippen molar-refractivity contribution < 1.29 is 8.78 Å². The van der Waals surface area contributed by atoms with Crippen LogP contribution in [0, 0.1) is 25.5 Å². The summed E-state index contributed by atoms with van der Waals surface area (Å²) in [5.74, 6) is -0.620. The van der Waals surface area contributed by atoms with E-state index in [-0.39, 0.29) is 11.6 Å². The van der Waals surface area contributed by atoms with E-state index in [9.17, 15) is 0 Å². The van der Waals surface area contributed by atoms with Crippen molar-refractivity contribution in [2.45, 2.75) is 52.4 Å². The lowest BCUT2D eigenvalue weighted by atomic mass is 9.76. The van der Waals surface area contributed by atoms with E-state index in [0.717, 1.165) is 134 Å². The van der Waals surface area contributed by atoms with Gasteiger partial charge in [-0.15, -0.1) is 0 Å². The first-order valence-corrected chi connectivity index (χ1v) is 28.4. The molecule has 0 amide bonds. The third-order valence-corrected chi connectivity index (χ3v) is 17.5. The van der Waals surface area contributed by atoms with Gasteiger partial charge in [-0.1, -0.05) is 198 Å². The van der Waals surface area contributed by atoms with Crippen LogP contribution in [0.5, 0.6) is 0 Å². The number of benzene rings is 12. The SMILES string of the molecule is Cc1cccc(N(c2ccc3c(c2)C(C)(C)c2cc4c(-c5ccccc5F)c5c(cc4c(-c4ccccc4F)c2-3)C(C)(C)c2cc(N(c3cccc(C)c3)c3ccccc3-c3ccccc3)ccc2-5)c2ccccc2-c2ccccc2)c1. The summed E-state index contributed by atoms with van der Waals surface area (Å²) < 4.78 is 34.4. The molecular formula is C78H60F2N2. The highest BCUT2D eigenvalue weighted by molar-refractivity contribution is 6.17. The fourth-order valence-electron chi connectivity index (χ4n) is 13.5. The Morgan fingerprint density at radius 1 is 0.280 bits per heavy atom. The average Bonchev–Trinajstić information content (AvgIpc) is 2.54. The van der Waals surface area contributed by atoms with Gasteiger partial charge in [-0.05, 0) is 176 Å². The van der Waals surface area contributed by atoms with Crippen molar-refractivity contribution in [3.05, 3.63) is 300 Å². The quantitative estimate of drug-likeness (QED) is 0.135. The van der Waals surface area contributed by atoms with Crippen LogP contribution in [-0.2, 0) is 10.8 Å². The Kier molecular flexibility index (Phi) is 12.1. The van der Waals surface area contributed by atoms with Crippen molar-refractivity contribution >= 4 is 44.9 Å². The maximum Gasteiger partial charge on any atom is 0.131 e. The molecule has 0 N–H and O–H groups in total. The van der Waals surface area contributed by atoms with E-state index in [2.05, 4.69) is 258 Å². The van der Waals surface area contributed by atoms with Gasteiger partial charge in [-0.2, -0.15) is 0 Å². The number of rotatable bonds is 10. The molecule has 0 saturated heterocycles. The van der Waals surface area contributed by atoms with Crippen LogP contribution in [0.1, 0.15) is 61.1 Å². The molecule has 0 radical (unpaired) electrons. The predicted molar refractivity (Wildman–Crippen MR) is 340 cm³/mol. The second-order valence-electron chi connectivity index (χ2n) is 23.2. The van der Waals surface area contributed by atoms with Gasteiger partial charge in [0.15, 0.2) is 0 Å². The van der Waals surface area contributed by atoms with Crippen molar-refractivity contribution in [3.8, 4) is 66.8 Å². The molecule has 0 spiro atoms. The first kappa shape index (κ1) is 50.6. The number of hydrogen-bond acceptors (Lipinski definition) is 2. The molecule has 82 heavy (non-hydrogen) atoms. The molecule has 14 rings (SSSR count). The molecule has 12 aromatic rings. The molecule has 2 aliphatic carbocycles. The highest BCUT2D eigenvalue weighted by Gasteiger charge is 2.43. The summed E-state index contributed by atoms with van der Waals surface area (Å²) >= 11 is 0. The Hall–Kier alpha value is -9.64. The van der Waals surface area contributed by atoms with E-state index >= 15 is 8.78 Å². The van der Waals surface area contributed by atoms with E-state index in [1.807, 2.05) is 24.3 Å². The second-order valence-corrected chi connectivity index (χ2v) is 23.2. The van der Waals surface area contributed by atoms with Crippen LogP contribution in [0.2, 0.25) is 0 Å². The van der Waals surface area contributed by atoms with Crippen LogP contribution in [0.3, 0.4) is 0 Å². The summed E-state index contributed by atoms with van der Waals surface area (Å²) in [6.07, 6.45) is 0. The fraction of sp³-hybridized carbons (Fsp3) is 0.103. The minimum absolute atomic E-state index is 0.310. The van der Waals surface area contributed by atoms with Crippen LogP contribution < -0.4 is 9.80 Å². The Labute approximate surface area is 479 Å². The lowest BCUT2D eigenvalue weighted by molar-refractivity contribution is 0.630. The van der Waals surface area contributed by atoms with Gasteiger partial charge in [0.2, 0.25) is 0 Å². The normalized spacial score (nSPS) is 13.3. The molecule has 0 bridgehead atoms. The highest BCUT2D eigenvalue weighted by Crippen LogP contribution is 2.61. The second kappa shape index (κ2) is 19.6. The van der Waals surface area contributed by atoms with Gasteiger partial charge < -0.3 is 9.80 Å². The Morgan fingerprint density at radius 3 is 1.02 bits per heavy atom. The maximum atomic E-state index is 17.2. The monoisotopic (exact) mass is 1060 g/mol. The molecule has 12 aromatic carbocycles. The molecule has 0 heterocycles. The first-order chi connectivity index (χ1) is 39.9. The van der Waals surface area contributed by atoms with Crippen molar-refractivity contribution in [1.29, 1.82) is 0 Å². The largest absolute Gasteiger partial charge is 0.310 e.